The van der Waals surface area contributed by atoms with E-state index in [9.17, 15) is 0 Å². The number of hydrogen-bond acceptors (Lipinski definition) is 2. The molecule has 0 spiro atoms. The van der Waals surface area contributed by atoms with Crippen LogP contribution < -0.4 is 5.73 Å². The number of nitriles is 1. The van der Waals surface area contributed by atoms with Gasteiger partial charge in [0, 0.05) is 12.8 Å². The van der Waals surface area contributed by atoms with Gasteiger partial charge in [0.2, 0.25) is 0 Å². The summed E-state index contributed by atoms with van der Waals surface area (Å²) in [5.41, 5.74) is 5.22. The number of rotatable bonds is 2. The van der Waals surface area contributed by atoms with Gasteiger partial charge in [0.15, 0.2) is 0 Å². The molecule has 0 aromatic carbocycles. The normalized spacial score (nSPS) is 8.83. The molecule has 0 aromatic rings. The maximum Gasteiger partial charge on any atom is 0.0719 e. The molecule has 0 bridgehead atoms. The van der Waals surface area contributed by atoms with E-state index in [1.165, 1.54) is 0 Å². The Bertz CT molecular complexity index is 199. The smallest absolute Gasteiger partial charge is 0.0719 e. The topological polar surface area (TPSA) is 49.8 Å². The van der Waals surface area contributed by atoms with Crippen molar-refractivity contribution in [3.63, 3.8) is 0 Å². The summed E-state index contributed by atoms with van der Waals surface area (Å²) in [4.78, 5) is 0. The molecule has 0 saturated heterocycles. The average Bonchev–Trinajstić information content (AvgIpc) is 1.85. The predicted octanol–water partition coefficient (Wildman–Crippen LogP) is 1.84. The predicted molar refractivity (Wildman–Crippen MR) is 52.8 cm³/mol. The van der Waals surface area contributed by atoms with E-state index in [1.54, 1.807) is 0 Å². The molecule has 0 aromatic heterocycles. The van der Waals surface area contributed by atoms with Crippen LogP contribution in [0.3, 0.4) is 0 Å². The SMILES string of the molecule is CC(C)(N)C#CCCCC#N.Cl. The maximum atomic E-state index is 8.20. The Morgan fingerprint density at radius 2 is 1.92 bits per heavy atom. The number of unbranched alkanes of at least 4 members (excludes halogenated alkanes) is 2. The van der Waals surface area contributed by atoms with Crippen molar-refractivity contribution >= 4 is 12.4 Å². The summed E-state index contributed by atoms with van der Waals surface area (Å²) in [6.07, 6.45) is 2.20. The van der Waals surface area contributed by atoms with E-state index in [0.717, 1.165) is 12.8 Å². The summed E-state index contributed by atoms with van der Waals surface area (Å²) < 4.78 is 0. The molecule has 0 saturated carbocycles. The fourth-order valence-corrected chi connectivity index (χ4v) is 0.546. The lowest BCUT2D eigenvalue weighted by Gasteiger charge is -2.07. The Morgan fingerprint density at radius 1 is 1.33 bits per heavy atom. The minimum atomic E-state index is -0.396. The molecule has 0 fully saturated rings. The summed E-state index contributed by atoms with van der Waals surface area (Å²) in [5, 5.41) is 8.20. The van der Waals surface area contributed by atoms with Gasteiger partial charge in [0.25, 0.3) is 0 Å². The van der Waals surface area contributed by atoms with Gasteiger partial charge in [-0.2, -0.15) is 5.26 Å². The third-order valence-electron chi connectivity index (χ3n) is 1.00. The molecular weight excluding hydrogens is 172 g/mol. The molecule has 0 rings (SSSR count). The van der Waals surface area contributed by atoms with Crippen LogP contribution >= 0.6 is 12.4 Å². The lowest BCUT2D eigenvalue weighted by Crippen LogP contribution is -2.29. The monoisotopic (exact) mass is 186 g/mol. The first-order valence-electron chi connectivity index (χ1n) is 3.72. The number of halogens is 1. The van der Waals surface area contributed by atoms with Gasteiger partial charge in [-0.25, -0.2) is 0 Å². The van der Waals surface area contributed by atoms with Gasteiger partial charge in [-0.15, -0.1) is 18.3 Å². The standard InChI is InChI=1S/C9H14N2.ClH/c1-9(2,11)7-5-3-4-6-8-10;/h3-4,6,11H2,1-2H3;1H. The Balaban J connectivity index is 0. The molecule has 0 heterocycles. The fraction of sp³-hybridized carbons (Fsp3) is 0.667. The molecule has 0 aliphatic rings. The van der Waals surface area contributed by atoms with E-state index in [-0.39, 0.29) is 12.4 Å². The van der Waals surface area contributed by atoms with E-state index in [2.05, 4.69) is 17.9 Å². The molecule has 2 N–H and O–H groups in total. The average molecular weight is 187 g/mol. The summed E-state index contributed by atoms with van der Waals surface area (Å²) in [7, 11) is 0. The highest BCUT2D eigenvalue weighted by Gasteiger charge is 2.02. The van der Waals surface area contributed by atoms with Crippen molar-refractivity contribution in [2.45, 2.75) is 38.6 Å². The van der Waals surface area contributed by atoms with E-state index in [0.29, 0.717) is 6.42 Å². The minimum Gasteiger partial charge on any atom is -0.316 e. The molecule has 0 radical (unpaired) electrons. The Labute approximate surface area is 80.5 Å². The van der Waals surface area contributed by atoms with Crippen molar-refractivity contribution < 1.29 is 0 Å². The van der Waals surface area contributed by atoms with Crippen LogP contribution in [0, 0.1) is 23.2 Å². The molecule has 0 atom stereocenters. The van der Waals surface area contributed by atoms with E-state index < -0.39 is 5.54 Å². The van der Waals surface area contributed by atoms with Crippen molar-refractivity contribution in [3.8, 4) is 17.9 Å². The van der Waals surface area contributed by atoms with Crippen LogP contribution in [0.1, 0.15) is 33.1 Å². The summed E-state index contributed by atoms with van der Waals surface area (Å²) >= 11 is 0. The minimum absolute atomic E-state index is 0. The van der Waals surface area contributed by atoms with Gasteiger partial charge < -0.3 is 5.73 Å². The zero-order valence-electron chi connectivity index (χ0n) is 7.55. The van der Waals surface area contributed by atoms with Crippen LogP contribution in [0.15, 0.2) is 0 Å². The van der Waals surface area contributed by atoms with Gasteiger partial charge in [-0.3, -0.25) is 0 Å². The van der Waals surface area contributed by atoms with Crippen LogP contribution in [-0.2, 0) is 0 Å². The molecule has 12 heavy (non-hydrogen) atoms. The molecule has 0 aliphatic carbocycles. The summed E-state index contributed by atoms with van der Waals surface area (Å²) in [6, 6.07) is 2.07. The maximum absolute atomic E-state index is 8.20. The van der Waals surface area contributed by atoms with Crippen LogP contribution in [0.5, 0.6) is 0 Å². The van der Waals surface area contributed by atoms with E-state index >= 15 is 0 Å². The second kappa shape index (κ2) is 6.98. The molecule has 0 aliphatic heterocycles. The van der Waals surface area contributed by atoms with Crippen LogP contribution in [-0.4, -0.2) is 5.54 Å². The third kappa shape index (κ3) is 12.0. The van der Waals surface area contributed by atoms with Crippen LogP contribution in [0.2, 0.25) is 0 Å². The molecule has 0 unspecified atom stereocenters. The zero-order valence-corrected chi connectivity index (χ0v) is 8.37. The first-order chi connectivity index (χ1) is 5.06. The summed E-state index contributed by atoms with van der Waals surface area (Å²) in [5.74, 6) is 5.83. The second-order valence-electron chi connectivity index (χ2n) is 3.04. The van der Waals surface area contributed by atoms with Gasteiger partial charge in [-0.1, -0.05) is 5.92 Å². The van der Waals surface area contributed by atoms with Crippen molar-refractivity contribution in [2.24, 2.45) is 5.73 Å². The first-order valence-corrected chi connectivity index (χ1v) is 3.72. The Kier molecular flexibility index (Phi) is 8.06. The van der Waals surface area contributed by atoms with Gasteiger partial charge in [-0.05, 0) is 20.3 Å². The van der Waals surface area contributed by atoms with Crippen LogP contribution in [0.4, 0.5) is 0 Å². The molecule has 2 nitrogen and oxygen atoms in total. The highest BCUT2D eigenvalue weighted by atomic mass is 35.5. The lowest BCUT2D eigenvalue weighted by atomic mass is 10.1. The van der Waals surface area contributed by atoms with Crippen molar-refractivity contribution in [3.05, 3.63) is 0 Å². The van der Waals surface area contributed by atoms with E-state index in [1.807, 2.05) is 13.8 Å². The molecule has 3 heteroatoms. The fourth-order valence-electron chi connectivity index (χ4n) is 0.546. The molecule has 68 valence electrons. The highest BCUT2D eigenvalue weighted by molar-refractivity contribution is 5.85. The first kappa shape index (κ1) is 13.9. The quantitative estimate of drug-likeness (QED) is 0.529. The lowest BCUT2D eigenvalue weighted by molar-refractivity contribution is 0.679. The zero-order chi connectivity index (χ0) is 8.74. The highest BCUT2D eigenvalue weighted by Crippen LogP contribution is 1.95. The number of nitrogens with two attached hydrogens (primary N) is 1. The number of hydrogen-bond donors (Lipinski definition) is 1. The third-order valence-corrected chi connectivity index (χ3v) is 1.00. The summed E-state index contributed by atoms with van der Waals surface area (Å²) in [6.45, 7) is 3.73. The van der Waals surface area contributed by atoms with Gasteiger partial charge in [0.05, 0.1) is 11.6 Å². The van der Waals surface area contributed by atoms with Crippen molar-refractivity contribution in [1.82, 2.24) is 0 Å². The van der Waals surface area contributed by atoms with Gasteiger partial charge >= 0.3 is 0 Å². The Morgan fingerprint density at radius 3 is 2.33 bits per heavy atom. The Hall–Kier alpha value is -0.700. The van der Waals surface area contributed by atoms with Gasteiger partial charge in [0.1, 0.15) is 0 Å². The molecule has 0 amide bonds. The van der Waals surface area contributed by atoms with Crippen molar-refractivity contribution in [1.29, 1.82) is 5.26 Å². The largest absolute Gasteiger partial charge is 0.316 e. The number of nitrogens with zero attached hydrogens (tertiary/aromatic N) is 1. The van der Waals surface area contributed by atoms with E-state index in [4.69, 9.17) is 11.0 Å². The van der Waals surface area contributed by atoms with Crippen LogP contribution in [0.25, 0.3) is 0 Å². The molecular formula is C9H15ClN2. The second-order valence-corrected chi connectivity index (χ2v) is 3.04. The van der Waals surface area contributed by atoms with Crippen molar-refractivity contribution in [2.75, 3.05) is 0 Å².